The molecule has 26 heavy (non-hydrogen) atoms. The third-order valence-corrected chi connectivity index (χ3v) is 5.35. The molecule has 136 valence electrons. The summed E-state index contributed by atoms with van der Waals surface area (Å²) in [6.07, 6.45) is 3.86. The molecule has 1 saturated carbocycles. The number of aryl methyl sites for hydroxylation is 1. The lowest BCUT2D eigenvalue weighted by atomic mass is 9.91. The van der Waals surface area contributed by atoms with E-state index >= 15 is 0 Å². The standard InChI is InChI=1S/C21H23FN2O2/c1-14-11-17(7-8-19(14)22)23-21(25)15-5-6-16-13-24(18-3-2-4-18)9-10-26-20(16)12-15/h5-8,11-12,18H,2-4,9-10,13H2,1H3,(H,23,25). The van der Waals surface area contributed by atoms with Crippen LogP contribution < -0.4 is 10.1 Å². The maximum Gasteiger partial charge on any atom is 0.255 e. The number of halogens is 1. The van der Waals surface area contributed by atoms with Crippen molar-refractivity contribution >= 4 is 11.6 Å². The third-order valence-electron chi connectivity index (χ3n) is 5.35. The summed E-state index contributed by atoms with van der Waals surface area (Å²) in [6, 6.07) is 10.9. The van der Waals surface area contributed by atoms with Crippen molar-refractivity contribution in [2.45, 2.75) is 38.8 Å². The summed E-state index contributed by atoms with van der Waals surface area (Å²) >= 11 is 0. The minimum atomic E-state index is -0.280. The second-order valence-electron chi connectivity index (χ2n) is 7.14. The molecule has 4 rings (SSSR count). The number of benzene rings is 2. The Morgan fingerprint density at radius 2 is 2.08 bits per heavy atom. The van der Waals surface area contributed by atoms with Crippen molar-refractivity contribution < 1.29 is 13.9 Å². The van der Waals surface area contributed by atoms with Gasteiger partial charge in [-0.25, -0.2) is 4.39 Å². The van der Waals surface area contributed by atoms with Crippen LogP contribution in [-0.4, -0.2) is 30.0 Å². The SMILES string of the molecule is Cc1cc(NC(=O)c2ccc3c(c2)OCCN(C2CCC2)C3)ccc1F. The molecule has 2 aliphatic rings. The largest absolute Gasteiger partial charge is 0.492 e. The predicted molar refractivity (Wildman–Crippen MR) is 99.1 cm³/mol. The van der Waals surface area contributed by atoms with Crippen LogP contribution in [0.2, 0.25) is 0 Å². The van der Waals surface area contributed by atoms with Crippen LogP contribution in [0.5, 0.6) is 5.75 Å². The molecule has 2 aromatic rings. The van der Waals surface area contributed by atoms with Gasteiger partial charge in [-0.05, 0) is 55.7 Å². The second-order valence-corrected chi connectivity index (χ2v) is 7.14. The zero-order chi connectivity index (χ0) is 18.1. The van der Waals surface area contributed by atoms with Crippen LogP contribution in [0, 0.1) is 12.7 Å². The van der Waals surface area contributed by atoms with Gasteiger partial charge < -0.3 is 10.1 Å². The summed E-state index contributed by atoms with van der Waals surface area (Å²) in [5, 5.41) is 2.82. The van der Waals surface area contributed by atoms with Crippen LogP contribution in [0.3, 0.4) is 0 Å². The molecule has 0 aromatic heterocycles. The molecule has 1 heterocycles. The smallest absolute Gasteiger partial charge is 0.255 e. The van der Waals surface area contributed by atoms with Gasteiger partial charge >= 0.3 is 0 Å². The molecular formula is C21H23FN2O2. The highest BCUT2D eigenvalue weighted by Crippen LogP contribution is 2.31. The predicted octanol–water partition coefficient (Wildman–Crippen LogP) is 4.13. The molecule has 1 aliphatic carbocycles. The Bertz CT molecular complexity index is 833. The van der Waals surface area contributed by atoms with Gasteiger partial charge in [-0.15, -0.1) is 0 Å². The van der Waals surface area contributed by atoms with Crippen molar-refractivity contribution in [1.82, 2.24) is 4.90 Å². The zero-order valence-electron chi connectivity index (χ0n) is 14.9. The first-order valence-electron chi connectivity index (χ1n) is 9.17. The van der Waals surface area contributed by atoms with Gasteiger partial charge in [0.25, 0.3) is 5.91 Å². The topological polar surface area (TPSA) is 41.6 Å². The van der Waals surface area contributed by atoms with E-state index < -0.39 is 0 Å². The summed E-state index contributed by atoms with van der Waals surface area (Å²) in [6.45, 7) is 4.12. The van der Waals surface area contributed by atoms with Gasteiger partial charge in [0, 0.05) is 35.9 Å². The zero-order valence-corrected chi connectivity index (χ0v) is 14.9. The molecule has 2 aromatic carbocycles. The molecule has 0 atom stereocenters. The molecular weight excluding hydrogens is 331 g/mol. The molecule has 0 radical (unpaired) electrons. The van der Waals surface area contributed by atoms with Gasteiger partial charge in [0.1, 0.15) is 18.2 Å². The van der Waals surface area contributed by atoms with Gasteiger partial charge in [-0.2, -0.15) is 0 Å². The fraction of sp³-hybridized carbons (Fsp3) is 0.381. The summed E-state index contributed by atoms with van der Waals surface area (Å²) in [5.41, 5.74) is 2.76. The number of nitrogens with zero attached hydrogens (tertiary/aromatic N) is 1. The van der Waals surface area contributed by atoms with Gasteiger partial charge in [0.05, 0.1) is 0 Å². The molecule has 1 amide bonds. The number of ether oxygens (including phenoxy) is 1. The van der Waals surface area contributed by atoms with E-state index in [4.69, 9.17) is 4.74 Å². The van der Waals surface area contributed by atoms with Crippen molar-refractivity contribution in [3.63, 3.8) is 0 Å². The Morgan fingerprint density at radius 1 is 1.23 bits per heavy atom. The third kappa shape index (κ3) is 3.44. The summed E-state index contributed by atoms with van der Waals surface area (Å²) < 4.78 is 19.3. The van der Waals surface area contributed by atoms with Gasteiger partial charge in [-0.3, -0.25) is 9.69 Å². The van der Waals surface area contributed by atoms with E-state index in [1.54, 1.807) is 19.1 Å². The van der Waals surface area contributed by atoms with Crippen LogP contribution in [-0.2, 0) is 6.54 Å². The maximum atomic E-state index is 13.4. The van der Waals surface area contributed by atoms with Gasteiger partial charge in [0.2, 0.25) is 0 Å². The molecule has 4 nitrogen and oxygen atoms in total. The number of carbonyl (C=O) groups is 1. The first-order chi connectivity index (χ1) is 12.6. The van der Waals surface area contributed by atoms with Crippen LogP contribution in [0.1, 0.15) is 40.7 Å². The first kappa shape index (κ1) is 17.0. The second kappa shape index (κ2) is 7.08. The quantitative estimate of drug-likeness (QED) is 0.901. The molecule has 0 unspecified atom stereocenters. The van der Waals surface area contributed by atoms with Crippen LogP contribution in [0.25, 0.3) is 0 Å². The summed E-state index contributed by atoms with van der Waals surface area (Å²) in [7, 11) is 0. The minimum Gasteiger partial charge on any atom is -0.492 e. The first-order valence-corrected chi connectivity index (χ1v) is 9.17. The lowest BCUT2D eigenvalue weighted by Crippen LogP contribution is -2.40. The number of fused-ring (bicyclic) bond motifs is 1. The number of nitrogens with one attached hydrogen (secondary N) is 1. The minimum absolute atomic E-state index is 0.220. The van der Waals surface area contributed by atoms with Crippen LogP contribution in [0.15, 0.2) is 36.4 Å². The van der Waals surface area contributed by atoms with E-state index in [-0.39, 0.29) is 11.7 Å². The average molecular weight is 354 g/mol. The Kier molecular flexibility index (Phi) is 4.64. The van der Waals surface area contributed by atoms with Gasteiger partial charge in [0.15, 0.2) is 0 Å². The van der Waals surface area contributed by atoms with E-state index in [1.807, 2.05) is 18.2 Å². The van der Waals surface area contributed by atoms with Crippen molar-refractivity contribution in [2.24, 2.45) is 0 Å². The molecule has 1 N–H and O–H groups in total. The van der Waals surface area contributed by atoms with Gasteiger partial charge in [-0.1, -0.05) is 12.5 Å². The molecule has 1 aliphatic heterocycles. The Balaban J connectivity index is 1.50. The Hall–Kier alpha value is -2.40. The number of rotatable bonds is 3. The molecule has 5 heteroatoms. The van der Waals surface area contributed by atoms with Crippen molar-refractivity contribution in [1.29, 1.82) is 0 Å². The number of anilines is 1. The Labute approximate surface area is 153 Å². The van der Waals surface area contributed by atoms with Crippen LogP contribution in [0.4, 0.5) is 10.1 Å². The fourth-order valence-electron chi connectivity index (χ4n) is 3.52. The van der Waals surface area contributed by atoms with E-state index in [0.717, 1.165) is 24.4 Å². The van der Waals surface area contributed by atoms with Crippen molar-refractivity contribution in [3.8, 4) is 5.75 Å². The monoisotopic (exact) mass is 354 g/mol. The highest BCUT2D eigenvalue weighted by Gasteiger charge is 2.27. The molecule has 0 bridgehead atoms. The summed E-state index contributed by atoms with van der Waals surface area (Å²) in [5.74, 6) is 0.287. The van der Waals surface area contributed by atoms with E-state index in [1.165, 1.54) is 25.3 Å². The number of hydrogen-bond acceptors (Lipinski definition) is 3. The van der Waals surface area contributed by atoms with Crippen molar-refractivity contribution in [3.05, 3.63) is 58.9 Å². The fourth-order valence-corrected chi connectivity index (χ4v) is 3.52. The Morgan fingerprint density at radius 3 is 2.81 bits per heavy atom. The highest BCUT2D eigenvalue weighted by molar-refractivity contribution is 6.04. The lowest BCUT2D eigenvalue weighted by Gasteiger charge is -2.36. The molecule has 0 saturated heterocycles. The van der Waals surface area contributed by atoms with E-state index in [0.29, 0.717) is 29.5 Å². The lowest BCUT2D eigenvalue weighted by molar-refractivity contribution is 0.102. The number of carbonyl (C=O) groups excluding carboxylic acids is 1. The summed E-state index contributed by atoms with van der Waals surface area (Å²) in [4.78, 5) is 15.0. The van der Waals surface area contributed by atoms with E-state index in [9.17, 15) is 9.18 Å². The van der Waals surface area contributed by atoms with Crippen LogP contribution >= 0.6 is 0 Å². The highest BCUT2D eigenvalue weighted by atomic mass is 19.1. The normalized spacial score (nSPS) is 17.6. The maximum absolute atomic E-state index is 13.4. The molecule has 1 fully saturated rings. The average Bonchev–Trinajstić information content (AvgIpc) is 2.78. The molecule has 0 spiro atoms. The number of hydrogen-bond donors (Lipinski definition) is 1. The van der Waals surface area contributed by atoms with E-state index in [2.05, 4.69) is 10.2 Å². The number of amides is 1. The van der Waals surface area contributed by atoms with Crippen molar-refractivity contribution in [2.75, 3.05) is 18.5 Å².